The molecule has 0 saturated carbocycles. The SMILES string of the molecule is C=C(F)C(=O)Nc1ccc(-c2nn3ncnc(N)c3c2-c2ccc(C(=O)NCC(F)(F)F)c(OC)c2)cc1OC. The number of carbonyl (C=O) groups is 2. The maximum atomic E-state index is 13.2. The maximum Gasteiger partial charge on any atom is 0.405 e. The summed E-state index contributed by atoms with van der Waals surface area (Å²) < 4.78 is 62.9. The summed E-state index contributed by atoms with van der Waals surface area (Å²) in [5, 5.41) is 12.8. The van der Waals surface area contributed by atoms with E-state index in [0.717, 1.165) is 0 Å². The van der Waals surface area contributed by atoms with Crippen LogP contribution in [0.4, 0.5) is 29.1 Å². The molecule has 0 radical (unpaired) electrons. The van der Waals surface area contributed by atoms with Gasteiger partial charge >= 0.3 is 6.18 Å². The van der Waals surface area contributed by atoms with Gasteiger partial charge in [0.1, 0.15) is 35.6 Å². The highest BCUT2D eigenvalue weighted by Crippen LogP contribution is 2.40. The van der Waals surface area contributed by atoms with Crippen LogP contribution in [0.2, 0.25) is 0 Å². The van der Waals surface area contributed by atoms with Gasteiger partial charge in [0.25, 0.3) is 11.8 Å². The van der Waals surface area contributed by atoms with E-state index in [0.29, 0.717) is 27.9 Å². The Hall–Kier alpha value is -5.21. The molecule has 15 heteroatoms. The number of alkyl halides is 3. The quantitative estimate of drug-likeness (QED) is 0.219. The number of methoxy groups -OCH3 is 2. The molecule has 0 aliphatic heterocycles. The molecule has 4 N–H and O–H groups in total. The molecule has 0 saturated heterocycles. The van der Waals surface area contributed by atoms with Gasteiger partial charge in [-0.05, 0) is 29.8 Å². The molecule has 0 aliphatic rings. The summed E-state index contributed by atoms with van der Waals surface area (Å²) >= 11 is 0. The van der Waals surface area contributed by atoms with Gasteiger partial charge in [0.2, 0.25) is 0 Å². The Morgan fingerprint density at radius 3 is 2.40 bits per heavy atom. The summed E-state index contributed by atoms with van der Waals surface area (Å²) in [6, 6.07) is 8.79. The summed E-state index contributed by atoms with van der Waals surface area (Å²) in [6.07, 6.45) is -3.40. The first-order chi connectivity index (χ1) is 18.9. The van der Waals surface area contributed by atoms with Crippen LogP contribution in [-0.2, 0) is 4.79 Å². The third kappa shape index (κ3) is 5.62. The first-order valence-corrected chi connectivity index (χ1v) is 11.3. The standard InChI is InChI=1S/C25H21F4N7O4/c1-12(26)23(37)34-16-7-5-14(9-18(16)40-3)20-19(21-22(30)32-11-33-36(21)35-20)13-4-6-15(17(8-13)39-2)24(38)31-10-25(27,28)29/h4-9,11H,1,10H2,2-3H3,(H,31,38)(H,34,37)(H2,30,32,33). The zero-order chi connectivity index (χ0) is 29.2. The van der Waals surface area contributed by atoms with Crippen molar-refractivity contribution in [3.05, 3.63) is 60.7 Å². The minimum atomic E-state index is -4.59. The van der Waals surface area contributed by atoms with Crippen LogP contribution in [0.15, 0.2) is 55.1 Å². The van der Waals surface area contributed by atoms with Gasteiger partial charge in [-0.15, -0.1) is 14.8 Å². The van der Waals surface area contributed by atoms with Crippen LogP contribution in [0.5, 0.6) is 11.5 Å². The second-order valence-corrected chi connectivity index (χ2v) is 8.19. The first-order valence-electron chi connectivity index (χ1n) is 11.3. The number of anilines is 2. The van der Waals surface area contributed by atoms with Crippen LogP contribution in [-0.4, -0.2) is 58.6 Å². The minimum absolute atomic E-state index is 0.0139. The Morgan fingerprint density at radius 2 is 1.75 bits per heavy atom. The Labute approximate surface area is 223 Å². The molecule has 2 heterocycles. The summed E-state index contributed by atoms with van der Waals surface area (Å²) in [7, 11) is 2.61. The zero-order valence-electron chi connectivity index (χ0n) is 21.0. The number of rotatable bonds is 8. The first kappa shape index (κ1) is 27.8. The minimum Gasteiger partial charge on any atom is -0.496 e. The number of hydrogen-bond donors (Lipinski definition) is 3. The lowest BCUT2D eigenvalue weighted by atomic mass is 9.97. The Bertz CT molecular complexity index is 1640. The molecule has 11 nitrogen and oxygen atoms in total. The van der Waals surface area contributed by atoms with Gasteiger partial charge in [0.15, 0.2) is 11.6 Å². The molecule has 208 valence electrons. The van der Waals surface area contributed by atoms with Crippen LogP contribution < -0.4 is 25.8 Å². The van der Waals surface area contributed by atoms with Crippen molar-refractivity contribution in [1.29, 1.82) is 0 Å². The van der Waals surface area contributed by atoms with Gasteiger partial charge in [0.05, 0.1) is 25.5 Å². The lowest BCUT2D eigenvalue weighted by Crippen LogP contribution is -2.33. The molecule has 2 amide bonds. The van der Waals surface area contributed by atoms with Crippen LogP contribution in [0.3, 0.4) is 0 Å². The number of benzene rings is 2. The molecule has 40 heavy (non-hydrogen) atoms. The fourth-order valence-corrected chi connectivity index (χ4v) is 3.84. The fourth-order valence-electron chi connectivity index (χ4n) is 3.84. The van der Waals surface area contributed by atoms with Gasteiger partial charge in [-0.1, -0.05) is 18.7 Å². The van der Waals surface area contributed by atoms with E-state index in [4.69, 9.17) is 15.2 Å². The fraction of sp³-hybridized carbons (Fsp3) is 0.160. The molecule has 2 aromatic heterocycles. The van der Waals surface area contributed by atoms with Gasteiger partial charge in [0, 0.05) is 11.1 Å². The monoisotopic (exact) mass is 559 g/mol. The third-order valence-corrected chi connectivity index (χ3v) is 5.62. The smallest absolute Gasteiger partial charge is 0.405 e. The number of ether oxygens (including phenoxy) is 2. The summed E-state index contributed by atoms with van der Waals surface area (Å²) in [5.74, 6) is -3.00. The van der Waals surface area contributed by atoms with E-state index in [2.05, 4.69) is 27.1 Å². The van der Waals surface area contributed by atoms with Crippen molar-refractivity contribution in [2.75, 3.05) is 31.8 Å². The molecular formula is C25H21F4N7O4. The second-order valence-electron chi connectivity index (χ2n) is 8.19. The summed E-state index contributed by atoms with van der Waals surface area (Å²) in [6.45, 7) is 1.45. The van der Waals surface area contributed by atoms with Crippen molar-refractivity contribution in [2.24, 2.45) is 0 Å². The largest absolute Gasteiger partial charge is 0.496 e. The molecule has 4 aromatic rings. The predicted octanol–water partition coefficient (Wildman–Crippen LogP) is 3.77. The second kappa shape index (κ2) is 10.9. The molecular weight excluding hydrogens is 538 g/mol. The predicted molar refractivity (Wildman–Crippen MR) is 136 cm³/mol. The lowest BCUT2D eigenvalue weighted by molar-refractivity contribution is -0.123. The molecule has 0 unspecified atom stereocenters. The topological polar surface area (TPSA) is 146 Å². The van der Waals surface area contributed by atoms with Gasteiger partial charge in [-0.3, -0.25) is 9.59 Å². The number of amides is 2. The normalized spacial score (nSPS) is 11.2. The van der Waals surface area contributed by atoms with E-state index in [1.165, 1.54) is 55.5 Å². The van der Waals surface area contributed by atoms with Crippen LogP contribution in [0.1, 0.15) is 10.4 Å². The number of nitrogens with one attached hydrogen (secondary N) is 2. The lowest BCUT2D eigenvalue weighted by Gasteiger charge is -2.14. The number of hydrogen-bond acceptors (Lipinski definition) is 8. The molecule has 0 aliphatic carbocycles. The average Bonchev–Trinajstić information content (AvgIpc) is 3.32. The van der Waals surface area contributed by atoms with Crippen molar-refractivity contribution in [2.45, 2.75) is 6.18 Å². The number of fused-ring (bicyclic) bond motifs is 1. The molecule has 2 aromatic carbocycles. The van der Waals surface area contributed by atoms with E-state index >= 15 is 0 Å². The number of halogens is 4. The van der Waals surface area contributed by atoms with Crippen molar-refractivity contribution in [1.82, 2.24) is 25.1 Å². The van der Waals surface area contributed by atoms with Gasteiger partial charge < -0.3 is 25.8 Å². The number of aromatic nitrogens is 4. The Kier molecular flexibility index (Phi) is 7.56. The Balaban J connectivity index is 1.85. The van der Waals surface area contributed by atoms with Crippen molar-refractivity contribution in [3.8, 4) is 33.9 Å². The molecule has 4 rings (SSSR count). The molecule has 0 spiro atoms. The average molecular weight is 559 g/mol. The van der Waals surface area contributed by atoms with E-state index in [-0.39, 0.29) is 28.6 Å². The van der Waals surface area contributed by atoms with Gasteiger partial charge in [-0.25, -0.2) is 9.37 Å². The van der Waals surface area contributed by atoms with E-state index in [1.807, 2.05) is 5.32 Å². The number of nitrogens with two attached hydrogens (primary N) is 1. The third-order valence-electron chi connectivity index (χ3n) is 5.62. The number of nitrogen functional groups attached to an aromatic ring is 1. The maximum absolute atomic E-state index is 13.2. The summed E-state index contributed by atoms with van der Waals surface area (Å²) in [5.41, 5.74) is 8.06. The van der Waals surface area contributed by atoms with E-state index < -0.39 is 30.4 Å². The summed E-state index contributed by atoms with van der Waals surface area (Å²) in [4.78, 5) is 28.2. The van der Waals surface area contributed by atoms with Gasteiger partial charge in [-0.2, -0.15) is 13.2 Å². The van der Waals surface area contributed by atoms with E-state index in [9.17, 15) is 27.2 Å². The van der Waals surface area contributed by atoms with E-state index in [1.54, 1.807) is 6.07 Å². The van der Waals surface area contributed by atoms with Crippen molar-refractivity contribution < 1.29 is 36.6 Å². The van der Waals surface area contributed by atoms with Crippen molar-refractivity contribution >= 4 is 28.8 Å². The molecule has 0 atom stereocenters. The number of nitrogens with zero attached hydrogens (tertiary/aromatic N) is 4. The highest BCUT2D eigenvalue weighted by atomic mass is 19.4. The molecule has 0 bridgehead atoms. The highest BCUT2D eigenvalue weighted by molar-refractivity contribution is 6.03. The number of carbonyl (C=O) groups excluding carboxylic acids is 2. The zero-order valence-corrected chi connectivity index (χ0v) is 21.0. The van der Waals surface area contributed by atoms with Crippen LogP contribution in [0.25, 0.3) is 27.9 Å². The highest BCUT2D eigenvalue weighted by Gasteiger charge is 2.29. The van der Waals surface area contributed by atoms with Crippen LogP contribution in [0, 0.1) is 0 Å². The van der Waals surface area contributed by atoms with Crippen LogP contribution >= 0.6 is 0 Å². The Morgan fingerprint density at radius 1 is 1.07 bits per heavy atom. The molecule has 0 fully saturated rings. The van der Waals surface area contributed by atoms with Crippen molar-refractivity contribution in [3.63, 3.8) is 0 Å².